The van der Waals surface area contributed by atoms with Crippen LogP contribution in [0.5, 0.6) is 0 Å². The van der Waals surface area contributed by atoms with Gasteiger partial charge in [0.05, 0.1) is 10.5 Å². The van der Waals surface area contributed by atoms with Gasteiger partial charge >= 0.3 is 5.97 Å². The average molecular weight is 338 g/mol. The first-order valence-corrected chi connectivity index (χ1v) is 7.48. The van der Waals surface area contributed by atoms with Gasteiger partial charge in [0, 0.05) is 23.3 Å². The smallest absolute Gasteiger partial charge is 0.338 e. The van der Waals surface area contributed by atoms with E-state index >= 15 is 0 Å². The molecule has 0 fully saturated rings. The number of ether oxygens (including phenoxy) is 1. The zero-order chi connectivity index (χ0) is 17.8. The first-order valence-electron chi connectivity index (χ1n) is 7.48. The SMILES string of the molecule is Cc1cc(C(=O)OCc2cc(-c3ccccc3)on2)ccc1[N+](=O)[O-]. The van der Waals surface area contributed by atoms with Crippen LogP contribution in [-0.2, 0) is 11.3 Å². The molecule has 7 heteroatoms. The lowest BCUT2D eigenvalue weighted by Gasteiger charge is -2.04. The standard InChI is InChI=1S/C18H14N2O5/c1-12-9-14(7-8-16(12)20(22)23)18(21)24-11-15-10-17(25-19-15)13-5-3-2-4-6-13/h2-10H,11H2,1H3. The molecule has 25 heavy (non-hydrogen) atoms. The average Bonchev–Trinajstić information content (AvgIpc) is 3.09. The van der Waals surface area contributed by atoms with Crippen molar-refractivity contribution < 1.29 is 19.0 Å². The van der Waals surface area contributed by atoms with E-state index in [9.17, 15) is 14.9 Å². The Morgan fingerprint density at radius 1 is 1.20 bits per heavy atom. The molecule has 0 aliphatic carbocycles. The van der Waals surface area contributed by atoms with Gasteiger partial charge in [0.25, 0.3) is 5.69 Å². The minimum Gasteiger partial charge on any atom is -0.455 e. The van der Waals surface area contributed by atoms with Gasteiger partial charge < -0.3 is 9.26 Å². The lowest BCUT2D eigenvalue weighted by molar-refractivity contribution is -0.385. The maximum atomic E-state index is 12.1. The summed E-state index contributed by atoms with van der Waals surface area (Å²) in [5, 5.41) is 14.7. The van der Waals surface area contributed by atoms with Crippen molar-refractivity contribution in [3.05, 3.63) is 81.5 Å². The van der Waals surface area contributed by atoms with Crippen LogP contribution in [0.2, 0.25) is 0 Å². The van der Waals surface area contributed by atoms with E-state index in [1.54, 1.807) is 13.0 Å². The summed E-state index contributed by atoms with van der Waals surface area (Å²) in [5.41, 5.74) is 1.95. The van der Waals surface area contributed by atoms with Crippen molar-refractivity contribution in [2.75, 3.05) is 0 Å². The normalized spacial score (nSPS) is 10.4. The quantitative estimate of drug-likeness (QED) is 0.397. The minimum absolute atomic E-state index is 0.0412. The fraction of sp³-hybridized carbons (Fsp3) is 0.111. The first-order chi connectivity index (χ1) is 12.0. The molecule has 3 aromatic rings. The van der Waals surface area contributed by atoms with Crippen molar-refractivity contribution in [2.24, 2.45) is 0 Å². The van der Waals surface area contributed by atoms with Crippen LogP contribution in [0.1, 0.15) is 21.6 Å². The minimum atomic E-state index is -0.581. The van der Waals surface area contributed by atoms with E-state index in [-0.39, 0.29) is 17.9 Å². The summed E-state index contributed by atoms with van der Waals surface area (Å²) in [7, 11) is 0. The molecular weight excluding hydrogens is 324 g/mol. The van der Waals surface area contributed by atoms with Crippen LogP contribution in [-0.4, -0.2) is 16.0 Å². The highest BCUT2D eigenvalue weighted by Gasteiger charge is 2.15. The van der Waals surface area contributed by atoms with E-state index in [2.05, 4.69) is 5.16 Å². The molecule has 7 nitrogen and oxygen atoms in total. The Kier molecular flexibility index (Phi) is 4.56. The molecule has 3 rings (SSSR count). The van der Waals surface area contributed by atoms with Gasteiger partial charge in [-0.2, -0.15) is 0 Å². The molecule has 0 amide bonds. The monoisotopic (exact) mass is 338 g/mol. The highest BCUT2D eigenvalue weighted by atomic mass is 16.6. The summed E-state index contributed by atoms with van der Waals surface area (Å²) in [6.07, 6.45) is 0. The molecule has 0 saturated carbocycles. The Balaban J connectivity index is 1.66. The molecule has 0 bridgehead atoms. The zero-order valence-electron chi connectivity index (χ0n) is 13.3. The summed E-state index contributed by atoms with van der Waals surface area (Å²) in [6.45, 7) is 1.52. The highest BCUT2D eigenvalue weighted by Crippen LogP contribution is 2.21. The third-order valence-corrected chi connectivity index (χ3v) is 3.60. The number of benzene rings is 2. The lowest BCUT2D eigenvalue weighted by Crippen LogP contribution is -2.06. The van der Waals surface area contributed by atoms with Gasteiger partial charge in [-0.3, -0.25) is 10.1 Å². The number of rotatable bonds is 5. The number of hydrogen-bond acceptors (Lipinski definition) is 6. The third-order valence-electron chi connectivity index (χ3n) is 3.60. The molecule has 0 radical (unpaired) electrons. The van der Waals surface area contributed by atoms with E-state index < -0.39 is 10.9 Å². The summed E-state index contributed by atoms with van der Waals surface area (Å²) in [5.74, 6) is 0.0000819. The van der Waals surface area contributed by atoms with E-state index in [1.165, 1.54) is 18.2 Å². The molecule has 0 spiro atoms. The van der Waals surface area contributed by atoms with E-state index in [0.717, 1.165) is 5.56 Å². The van der Waals surface area contributed by atoms with Gasteiger partial charge in [-0.1, -0.05) is 35.5 Å². The Labute approximate surface area is 143 Å². The van der Waals surface area contributed by atoms with Crippen LogP contribution < -0.4 is 0 Å². The molecule has 0 N–H and O–H groups in total. The maximum Gasteiger partial charge on any atom is 0.338 e. The molecule has 0 unspecified atom stereocenters. The molecule has 0 saturated heterocycles. The number of esters is 1. The summed E-state index contributed by atoms with van der Waals surface area (Å²) in [4.78, 5) is 22.4. The second-order valence-electron chi connectivity index (χ2n) is 5.38. The number of nitro benzene ring substituents is 1. The van der Waals surface area contributed by atoms with Gasteiger partial charge in [0.15, 0.2) is 5.76 Å². The number of hydrogen-bond donors (Lipinski definition) is 0. The largest absolute Gasteiger partial charge is 0.455 e. The molecule has 0 aliphatic rings. The zero-order valence-corrected chi connectivity index (χ0v) is 13.3. The van der Waals surface area contributed by atoms with Crippen LogP contribution >= 0.6 is 0 Å². The van der Waals surface area contributed by atoms with Crippen molar-refractivity contribution in [1.82, 2.24) is 5.16 Å². The third kappa shape index (κ3) is 3.72. The highest BCUT2D eigenvalue weighted by molar-refractivity contribution is 5.90. The predicted octanol–water partition coefficient (Wildman–Crippen LogP) is 3.92. The number of aromatic nitrogens is 1. The second kappa shape index (κ2) is 6.96. The Hall–Kier alpha value is -3.48. The van der Waals surface area contributed by atoms with Gasteiger partial charge in [-0.05, 0) is 19.1 Å². The number of nitrogens with zero attached hydrogens (tertiary/aromatic N) is 2. The van der Waals surface area contributed by atoms with E-state index in [1.807, 2.05) is 30.3 Å². The molecule has 0 aliphatic heterocycles. The molecule has 0 atom stereocenters. The summed E-state index contributed by atoms with van der Waals surface area (Å²) >= 11 is 0. The lowest BCUT2D eigenvalue weighted by atomic mass is 10.1. The van der Waals surface area contributed by atoms with Gasteiger partial charge in [-0.15, -0.1) is 0 Å². The Morgan fingerprint density at radius 3 is 2.64 bits per heavy atom. The van der Waals surface area contributed by atoms with Crippen LogP contribution in [0.25, 0.3) is 11.3 Å². The summed E-state index contributed by atoms with van der Waals surface area (Å²) in [6, 6.07) is 15.2. The maximum absolute atomic E-state index is 12.1. The van der Waals surface area contributed by atoms with Crippen molar-refractivity contribution in [3.63, 3.8) is 0 Å². The fourth-order valence-corrected chi connectivity index (χ4v) is 2.33. The number of aryl methyl sites for hydroxylation is 1. The fourth-order valence-electron chi connectivity index (χ4n) is 2.33. The molecular formula is C18H14N2O5. The van der Waals surface area contributed by atoms with Crippen molar-refractivity contribution in [2.45, 2.75) is 13.5 Å². The topological polar surface area (TPSA) is 95.5 Å². The second-order valence-corrected chi connectivity index (χ2v) is 5.38. The predicted molar refractivity (Wildman–Crippen MR) is 88.9 cm³/mol. The summed E-state index contributed by atoms with van der Waals surface area (Å²) < 4.78 is 10.4. The number of nitro groups is 1. The first kappa shape index (κ1) is 16.4. The van der Waals surface area contributed by atoms with Crippen molar-refractivity contribution in [3.8, 4) is 11.3 Å². The van der Waals surface area contributed by atoms with Crippen LogP contribution in [0.4, 0.5) is 5.69 Å². The van der Waals surface area contributed by atoms with Crippen LogP contribution in [0.3, 0.4) is 0 Å². The molecule has 2 aromatic carbocycles. The van der Waals surface area contributed by atoms with E-state index in [0.29, 0.717) is 17.0 Å². The number of carbonyl (C=O) groups is 1. The van der Waals surface area contributed by atoms with Crippen molar-refractivity contribution in [1.29, 1.82) is 0 Å². The van der Waals surface area contributed by atoms with Gasteiger partial charge in [-0.25, -0.2) is 4.79 Å². The van der Waals surface area contributed by atoms with Gasteiger partial charge in [0.1, 0.15) is 12.3 Å². The number of carbonyl (C=O) groups excluding carboxylic acids is 1. The Morgan fingerprint density at radius 2 is 1.96 bits per heavy atom. The van der Waals surface area contributed by atoms with Crippen LogP contribution in [0, 0.1) is 17.0 Å². The van der Waals surface area contributed by atoms with Gasteiger partial charge in [0.2, 0.25) is 0 Å². The Bertz CT molecular complexity index is 918. The van der Waals surface area contributed by atoms with Crippen LogP contribution in [0.15, 0.2) is 59.1 Å². The molecule has 126 valence electrons. The van der Waals surface area contributed by atoms with E-state index in [4.69, 9.17) is 9.26 Å². The van der Waals surface area contributed by atoms with Crippen molar-refractivity contribution >= 4 is 11.7 Å². The molecule has 1 aromatic heterocycles. The molecule has 1 heterocycles.